The summed E-state index contributed by atoms with van der Waals surface area (Å²) in [5, 5.41) is 0. The average Bonchev–Trinajstić information content (AvgIpc) is 3.23. The van der Waals surface area contributed by atoms with Crippen LogP contribution in [0.5, 0.6) is 0 Å². The molecule has 1 N–H and O–H groups in total. The van der Waals surface area contributed by atoms with Crippen LogP contribution >= 0.6 is 11.6 Å². The number of rotatable bonds is 7. The SMILES string of the molecule is CCOC(=O)c1cn2c(n1)C(N1C[C@@H](CC)N(Cc3ccccc3)C[C@@H]1CC)=CC(Cl)N2. The Morgan fingerprint density at radius 1 is 1.16 bits per heavy atom. The zero-order chi connectivity index (χ0) is 22.7. The molecule has 3 atom stereocenters. The Morgan fingerprint density at radius 3 is 2.59 bits per heavy atom. The number of ether oxygens (including phenoxy) is 1. The van der Waals surface area contributed by atoms with Crippen molar-refractivity contribution in [2.24, 2.45) is 0 Å². The van der Waals surface area contributed by atoms with Gasteiger partial charge in [0.25, 0.3) is 0 Å². The standard InChI is InChI=1S/C24H32ClN5O2/c1-4-18-15-29(19(5-2)14-28(18)13-17-10-8-7-9-11-17)21-12-22(25)27-30-16-20(26-23(21)30)24(31)32-6-3/h7-12,16,18-19,22,27H,4-6,13-15H2,1-3H3/t18-,19+,22?/m1/s1. The molecule has 172 valence electrons. The van der Waals surface area contributed by atoms with E-state index in [4.69, 9.17) is 16.3 Å². The van der Waals surface area contributed by atoms with Gasteiger partial charge in [-0.15, -0.1) is 0 Å². The molecule has 0 aliphatic carbocycles. The summed E-state index contributed by atoms with van der Waals surface area (Å²) in [7, 11) is 0. The zero-order valence-corrected chi connectivity index (χ0v) is 19.8. The van der Waals surface area contributed by atoms with Crippen LogP contribution in [-0.4, -0.2) is 62.7 Å². The second-order valence-corrected chi connectivity index (χ2v) is 8.78. The van der Waals surface area contributed by atoms with Gasteiger partial charge in [-0.25, -0.2) is 14.5 Å². The van der Waals surface area contributed by atoms with Crippen molar-refractivity contribution in [3.8, 4) is 0 Å². The number of benzene rings is 1. The summed E-state index contributed by atoms with van der Waals surface area (Å²) in [6.07, 6.45) is 5.73. The van der Waals surface area contributed by atoms with Gasteiger partial charge in [0.15, 0.2) is 11.5 Å². The quantitative estimate of drug-likeness (QED) is 0.386. The lowest BCUT2D eigenvalue weighted by Gasteiger charge is -2.48. The van der Waals surface area contributed by atoms with Gasteiger partial charge in [-0.3, -0.25) is 4.90 Å². The molecular formula is C24H32ClN5O2. The maximum Gasteiger partial charge on any atom is 0.358 e. The molecule has 0 amide bonds. The topological polar surface area (TPSA) is 62.6 Å². The van der Waals surface area contributed by atoms with Crippen molar-refractivity contribution < 1.29 is 9.53 Å². The predicted octanol–water partition coefficient (Wildman–Crippen LogP) is 3.90. The van der Waals surface area contributed by atoms with Crippen LogP contribution in [0.4, 0.5) is 0 Å². The summed E-state index contributed by atoms with van der Waals surface area (Å²) in [6.45, 7) is 9.37. The van der Waals surface area contributed by atoms with E-state index in [9.17, 15) is 4.79 Å². The number of nitrogens with zero attached hydrogens (tertiary/aromatic N) is 4. The molecule has 0 spiro atoms. The largest absolute Gasteiger partial charge is 0.461 e. The number of nitrogens with one attached hydrogen (secondary N) is 1. The molecule has 2 aliphatic heterocycles. The van der Waals surface area contributed by atoms with Crippen LogP contribution in [0.1, 0.15) is 55.5 Å². The summed E-state index contributed by atoms with van der Waals surface area (Å²) < 4.78 is 6.90. The van der Waals surface area contributed by atoms with E-state index in [1.165, 1.54) is 5.56 Å². The van der Waals surface area contributed by atoms with E-state index in [1.54, 1.807) is 17.8 Å². The van der Waals surface area contributed by atoms with Crippen molar-refractivity contribution in [1.82, 2.24) is 19.5 Å². The van der Waals surface area contributed by atoms with Gasteiger partial charge < -0.3 is 15.1 Å². The van der Waals surface area contributed by atoms with Gasteiger partial charge in [0, 0.05) is 31.7 Å². The first-order valence-electron chi connectivity index (χ1n) is 11.5. The monoisotopic (exact) mass is 457 g/mol. The Bertz CT molecular complexity index is 961. The molecule has 2 aromatic rings. The molecule has 0 saturated carbocycles. The Hall–Kier alpha value is -2.51. The second-order valence-electron chi connectivity index (χ2n) is 8.31. The Balaban J connectivity index is 1.60. The van der Waals surface area contributed by atoms with Gasteiger partial charge in [0.05, 0.1) is 18.5 Å². The van der Waals surface area contributed by atoms with Crippen LogP contribution in [0.25, 0.3) is 5.70 Å². The summed E-state index contributed by atoms with van der Waals surface area (Å²) in [5.41, 5.74) is 5.36. The third kappa shape index (κ3) is 4.64. The predicted molar refractivity (Wildman–Crippen MR) is 127 cm³/mol. The molecule has 3 heterocycles. The summed E-state index contributed by atoms with van der Waals surface area (Å²) >= 11 is 6.52. The number of fused-ring (bicyclic) bond motifs is 1. The third-order valence-electron chi connectivity index (χ3n) is 6.28. The highest BCUT2D eigenvalue weighted by atomic mass is 35.5. The fourth-order valence-electron chi connectivity index (χ4n) is 4.62. The van der Waals surface area contributed by atoms with E-state index in [-0.39, 0.29) is 11.2 Å². The maximum atomic E-state index is 12.3. The van der Waals surface area contributed by atoms with E-state index >= 15 is 0 Å². The fraction of sp³-hybridized carbons (Fsp3) is 0.500. The van der Waals surface area contributed by atoms with Gasteiger partial charge in [-0.05, 0) is 31.4 Å². The number of esters is 1. The number of alkyl halides is 1. The van der Waals surface area contributed by atoms with Crippen molar-refractivity contribution >= 4 is 23.3 Å². The van der Waals surface area contributed by atoms with Crippen LogP contribution in [0.3, 0.4) is 0 Å². The Labute approximate surface area is 195 Å². The molecule has 1 fully saturated rings. The third-order valence-corrected chi connectivity index (χ3v) is 6.50. The van der Waals surface area contributed by atoms with Crippen LogP contribution in [-0.2, 0) is 11.3 Å². The minimum Gasteiger partial charge on any atom is -0.461 e. The lowest BCUT2D eigenvalue weighted by Crippen LogP contribution is -2.57. The van der Waals surface area contributed by atoms with Gasteiger partial charge in [-0.2, -0.15) is 0 Å². The Morgan fingerprint density at radius 2 is 1.91 bits per heavy atom. The number of aromatic nitrogens is 2. The van der Waals surface area contributed by atoms with Crippen molar-refractivity contribution in [3.05, 3.63) is 59.7 Å². The molecule has 1 aromatic heterocycles. The number of hydrogen-bond acceptors (Lipinski definition) is 6. The molecule has 7 nitrogen and oxygen atoms in total. The molecule has 4 rings (SSSR count). The van der Waals surface area contributed by atoms with Gasteiger partial charge in [0.1, 0.15) is 5.50 Å². The number of carbonyl (C=O) groups is 1. The highest BCUT2D eigenvalue weighted by Crippen LogP contribution is 2.32. The van der Waals surface area contributed by atoms with Gasteiger partial charge in [0.2, 0.25) is 0 Å². The van der Waals surface area contributed by atoms with Crippen molar-refractivity contribution in [2.75, 3.05) is 25.1 Å². The lowest BCUT2D eigenvalue weighted by atomic mass is 10.00. The van der Waals surface area contributed by atoms with Crippen LogP contribution in [0, 0.1) is 0 Å². The molecule has 8 heteroatoms. The summed E-state index contributed by atoms with van der Waals surface area (Å²) in [5.74, 6) is 0.280. The minimum absolute atomic E-state index is 0.286. The van der Waals surface area contributed by atoms with Crippen molar-refractivity contribution in [3.63, 3.8) is 0 Å². The molecule has 1 unspecified atom stereocenters. The van der Waals surface area contributed by atoms with E-state index in [0.29, 0.717) is 24.5 Å². The molecule has 1 saturated heterocycles. The molecule has 0 radical (unpaired) electrons. The number of carbonyl (C=O) groups excluding carboxylic acids is 1. The minimum atomic E-state index is -0.423. The molecular weight excluding hydrogens is 426 g/mol. The first kappa shape index (κ1) is 22.7. The highest BCUT2D eigenvalue weighted by Gasteiger charge is 2.36. The van der Waals surface area contributed by atoms with Crippen LogP contribution < -0.4 is 5.43 Å². The first-order valence-corrected chi connectivity index (χ1v) is 11.9. The van der Waals surface area contributed by atoms with Crippen molar-refractivity contribution in [1.29, 1.82) is 0 Å². The van der Waals surface area contributed by atoms with E-state index in [0.717, 1.165) is 38.2 Å². The normalized spacial score (nSPS) is 23.3. The number of halogens is 1. The first-order chi connectivity index (χ1) is 15.5. The van der Waals surface area contributed by atoms with Crippen LogP contribution in [0.15, 0.2) is 42.6 Å². The molecule has 1 aromatic carbocycles. The van der Waals surface area contributed by atoms with Gasteiger partial charge in [-0.1, -0.05) is 55.8 Å². The highest BCUT2D eigenvalue weighted by molar-refractivity contribution is 6.23. The summed E-state index contributed by atoms with van der Waals surface area (Å²) in [4.78, 5) is 21.9. The smallest absolute Gasteiger partial charge is 0.358 e. The van der Waals surface area contributed by atoms with Crippen molar-refractivity contribution in [2.45, 2.75) is 57.7 Å². The number of imidazole rings is 1. The average molecular weight is 458 g/mol. The summed E-state index contributed by atoms with van der Waals surface area (Å²) in [6, 6.07) is 11.4. The van der Waals surface area contributed by atoms with Crippen LogP contribution in [0.2, 0.25) is 0 Å². The van der Waals surface area contributed by atoms with E-state index in [2.05, 4.69) is 64.4 Å². The molecule has 2 aliphatic rings. The fourth-order valence-corrected chi connectivity index (χ4v) is 4.85. The Kier molecular flexibility index (Phi) is 7.06. The molecule has 32 heavy (non-hydrogen) atoms. The molecule has 0 bridgehead atoms. The van der Waals surface area contributed by atoms with E-state index in [1.807, 2.05) is 6.08 Å². The maximum absolute atomic E-state index is 12.3. The second kappa shape index (κ2) is 9.96. The zero-order valence-electron chi connectivity index (χ0n) is 19.0. The van der Waals surface area contributed by atoms with Gasteiger partial charge >= 0.3 is 5.97 Å². The van der Waals surface area contributed by atoms with E-state index < -0.39 is 5.97 Å². The lowest BCUT2D eigenvalue weighted by molar-refractivity contribution is 0.0518. The number of piperazine rings is 1. The number of hydrogen-bond donors (Lipinski definition) is 1.